The summed E-state index contributed by atoms with van der Waals surface area (Å²) in [4.78, 5) is 0. The molecule has 1 unspecified atom stereocenters. The van der Waals surface area contributed by atoms with Gasteiger partial charge >= 0.3 is 9.15 Å². The van der Waals surface area contributed by atoms with Crippen LogP contribution in [0, 0.1) is 0 Å². The molecule has 0 heterocycles. The van der Waals surface area contributed by atoms with Crippen molar-refractivity contribution in [2.24, 2.45) is 0 Å². The first-order valence-corrected chi connectivity index (χ1v) is 4.05. The first-order valence-electron chi connectivity index (χ1n) is 1.02. The molecule has 0 aromatic heterocycles. The van der Waals surface area contributed by atoms with Gasteiger partial charge in [0.2, 0.25) is 0 Å². The van der Waals surface area contributed by atoms with Gasteiger partial charge in [-0.1, -0.05) is 0 Å². The van der Waals surface area contributed by atoms with E-state index in [1.807, 2.05) is 0 Å². The summed E-state index contributed by atoms with van der Waals surface area (Å²) in [6.45, 7) is 0. The Labute approximate surface area is 63.4 Å². The maximum absolute atomic E-state index is 9.27. The topological polar surface area (TPSA) is 94.5 Å². The van der Waals surface area contributed by atoms with E-state index in [1.54, 1.807) is 0 Å². The fraction of sp³-hybridized carbons (Fsp3) is 0. The van der Waals surface area contributed by atoms with Crippen LogP contribution in [0.1, 0.15) is 0 Å². The first-order chi connectivity index (χ1) is 2.94. The van der Waals surface area contributed by atoms with Crippen LogP contribution in [0.3, 0.4) is 0 Å². The van der Waals surface area contributed by atoms with E-state index >= 15 is 0 Å². The number of rotatable bonds is 1. The average molecular weight is 342 g/mol. The van der Waals surface area contributed by atoms with Crippen molar-refractivity contribution >= 4 is 19.3 Å². The quantitative estimate of drug-likeness (QED) is 0.276. The van der Waals surface area contributed by atoms with Gasteiger partial charge in [-0.25, -0.2) is 0 Å². The Morgan fingerprint density at radius 1 is 1.50 bits per heavy atom. The smallest absolute Gasteiger partial charge is 0.335 e. The van der Waals surface area contributed by atoms with Crippen LogP contribution in [0.4, 0.5) is 0 Å². The second-order valence-corrected chi connectivity index (χ2v) is 3.98. The van der Waals surface area contributed by atoms with E-state index in [-0.39, 0.29) is 22.4 Å². The molecule has 0 aliphatic rings. The van der Waals surface area contributed by atoms with Crippen LogP contribution in [-0.4, -0.2) is 21.7 Å². The molecule has 0 rings (SSSR count). The van der Waals surface area contributed by atoms with Crippen LogP contribution in [0.5, 0.6) is 0 Å². The van der Waals surface area contributed by atoms with E-state index in [2.05, 4.69) is 0 Å². The monoisotopic (exact) mass is 342 g/mol. The van der Waals surface area contributed by atoms with Crippen LogP contribution in [0.2, 0.25) is 0 Å². The van der Waals surface area contributed by atoms with Crippen LogP contribution < -0.4 is 0 Å². The zero-order valence-electron chi connectivity index (χ0n) is 3.20. The number of hydrogen-bond donors (Lipinski definition) is 1. The SMILES string of the molecule is O=S([O-])S(=O)(=O)O.[Au]. The Morgan fingerprint density at radius 3 is 1.62 bits per heavy atom. The predicted octanol–water partition coefficient (Wildman–Crippen LogP) is -1.33. The minimum Gasteiger partial charge on any atom is -0.758 e. The molecule has 0 fully saturated rings. The van der Waals surface area contributed by atoms with E-state index in [9.17, 15) is 17.2 Å². The van der Waals surface area contributed by atoms with Crippen LogP contribution >= 0.6 is 0 Å². The average Bonchev–Trinajstić information content (AvgIpc) is 1.31. The summed E-state index contributed by atoms with van der Waals surface area (Å²) in [5, 5.41) is 0. The molecule has 5 nitrogen and oxygen atoms in total. The zero-order chi connectivity index (χ0) is 6.08. The van der Waals surface area contributed by atoms with Crippen molar-refractivity contribution in [2.45, 2.75) is 0 Å². The van der Waals surface area contributed by atoms with Crippen molar-refractivity contribution < 1.29 is 44.1 Å². The molecule has 0 saturated heterocycles. The molecule has 0 aliphatic carbocycles. The summed E-state index contributed by atoms with van der Waals surface area (Å²) in [5.41, 5.74) is 0. The maximum Gasteiger partial charge on any atom is 0.335 e. The molecule has 55 valence electrons. The Balaban J connectivity index is 0. The minimum absolute atomic E-state index is 0. The van der Waals surface area contributed by atoms with Gasteiger partial charge in [0, 0.05) is 22.4 Å². The van der Waals surface area contributed by atoms with E-state index in [0.717, 1.165) is 0 Å². The Kier molecular flexibility index (Phi) is 5.37. The molecule has 0 aliphatic heterocycles. The standard InChI is InChI=1S/Au.H2O5S2/c;1-6(2)7(3,4)5/h;(H,1,2)(H,3,4,5)/p-1. The second kappa shape index (κ2) is 3.72. The predicted molar refractivity (Wildman–Crippen MR) is 20.5 cm³/mol. The van der Waals surface area contributed by atoms with Gasteiger partial charge in [0.1, 0.15) is 0 Å². The summed E-state index contributed by atoms with van der Waals surface area (Å²) in [6, 6.07) is 0. The van der Waals surface area contributed by atoms with Crippen molar-refractivity contribution in [3.8, 4) is 0 Å². The number of hydrogen-bond acceptors (Lipinski definition) is 4. The van der Waals surface area contributed by atoms with Gasteiger partial charge < -0.3 is 4.55 Å². The summed E-state index contributed by atoms with van der Waals surface area (Å²) >= 11 is 0. The molecule has 8 heavy (non-hydrogen) atoms. The van der Waals surface area contributed by atoms with E-state index in [4.69, 9.17) is 4.55 Å². The fourth-order valence-corrected chi connectivity index (χ4v) is 0. The normalized spacial score (nSPS) is 14.2. The molecule has 0 aromatic rings. The molecule has 1 radical (unpaired) electrons. The van der Waals surface area contributed by atoms with Crippen molar-refractivity contribution in [1.29, 1.82) is 0 Å². The van der Waals surface area contributed by atoms with E-state index in [0.29, 0.717) is 0 Å². The van der Waals surface area contributed by atoms with Gasteiger partial charge in [0.05, 0.1) is 10.1 Å². The molecule has 8 heteroatoms. The summed E-state index contributed by atoms with van der Waals surface area (Å²) < 4.78 is 44.4. The van der Waals surface area contributed by atoms with Gasteiger partial charge in [-0.2, -0.15) is 8.42 Å². The van der Waals surface area contributed by atoms with Gasteiger partial charge in [0.25, 0.3) is 0 Å². The second-order valence-electron chi connectivity index (χ2n) is 0.632. The van der Waals surface area contributed by atoms with Gasteiger partial charge in [-0.3, -0.25) is 8.76 Å². The van der Waals surface area contributed by atoms with Crippen LogP contribution in [-0.2, 0) is 41.6 Å². The maximum atomic E-state index is 9.27. The van der Waals surface area contributed by atoms with Crippen LogP contribution in [0.25, 0.3) is 0 Å². The fourth-order valence-electron chi connectivity index (χ4n) is 0. The summed E-state index contributed by atoms with van der Waals surface area (Å²) in [6.07, 6.45) is 0. The van der Waals surface area contributed by atoms with Crippen LogP contribution in [0.15, 0.2) is 0 Å². The third-order valence-electron chi connectivity index (χ3n) is 0.172. The van der Waals surface area contributed by atoms with Gasteiger partial charge in [-0.05, 0) is 0 Å². The molecular formula is HAuO5S2-. The van der Waals surface area contributed by atoms with E-state index in [1.165, 1.54) is 0 Å². The Morgan fingerprint density at radius 2 is 1.62 bits per heavy atom. The molecule has 0 aromatic carbocycles. The minimum atomic E-state index is -4.82. The molecule has 0 saturated carbocycles. The zero-order valence-corrected chi connectivity index (χ0v) is 7.00. The molecule has 0 spiro atoms. The first kappa shape index (κ1) is 11.5. The van der Waals surface area contributed by atoms with Crippen molar-refractivity contribution in [3.05, 3.63) is 0 Å². The third-order valence-corrected chi connectivity index (χ3v) is 1.55. The Bertz CT molecular complexity index is 165. The molecule has 1 N–H and O–H groups in total. The van der Waals surface area contributed by atoms with E-state index < -0.39 is 19.3 Å². The van der Waals surface area contributed by atoms with Crippen molar-refractivity contribution in [3.63, 3.8) is 0 Å². The molecule has 0 amide bonds. The Hall–Kier alpha value is 0.760. The third kappa shape index (κ3) is 4.91. The molecular weight excluding hydrogens is 341 g/mol. The largest absolute Gasteiger partial charge is 0.758 e. The van der Waals surface area contributed by atoms with Gasteiger partial charge in [-0.15, -0.1) is 0 Å². The van der Waals surface area contributed by atoms with Crippen molar-refractivity contribution in [1.82, 2.24) is 0 Å². The summed E-state index contributed by atoms with van der Waals surface area (Å²) in [5.74, 6) is 0. The summed E-state index contributed by atoms with van der Waals surface area (Å²) in [7, 11) is -8.23. The van der Waals surface area contributed by atoms with Gasteiger partial charge in [0.15, 0.2) is 0 Å². The van der Waals surface area contributed by atoms with Crippen molar-refractivity contribution in [2.75, 3.05) is 0 Å². The molecule has 1 atom stereocenters. The molecule has 0 bridgehead atoms.